The second kappa shape index (κ2) is 5.59. The van der Waals surface area contributed by atoms with Crippen molar-refractivity contribution in [3.63, 3.8) is 0 Å². The monoisotopic (exact) mass is 253 g/mol. The molecule has 1 rings (SSSR count). The van der Waals surface area contributed by atoms with E-state index in [-0.39, 0.29) is 12.2 Å². The van der Waals surface area contributed by atoms with Gasteiger partial charge in [0.25, 0.3) is 5.60 Å². The Balaban J connectivity index is 3.14. The van der Waals surface area contributed by atoms with Crippen LogP contribution in [-0.2, 0) is 15.1 Å². The zero-order valence-corrected chi connectivity index (χ0v) is 10.3. The van der Waals surface area contributed by atoms with Crippen LogP contribution in [-0.4, -0.2) is 29.2 Å². The molecule has 1 N–H and O–H groups in total. The van der Waals surface area contributed by atoms with Crippen LogP contribution in [0.3, 0.4) is 0 Å². The predicted molar refractivity (Wildman–Crippen MR) is 63.6 cm³/mol. The molecule has 0 unspecified atom stereocenters. The van der Waals surface area contributed by atoms with Crippen LogP contribution in [0.4, 0.5) is 0 Å². The fraction of sp³-hybridized carbons (Fsp3) is 0.417. The van der Waals surface area contributed by atoms with E-state index in [1.54, 1.807) is 19.1 Å². The van der Waals surface area contributed by atoms with Gasteiger partial charge < -0.3 is 9.84 Å². The van der Waals surface area contributed by atoms with Crippen LogP contribution in [0.25, 0.3) is 0 Å². The second-order valence-corrected chi connectivity index (χ2v) is 3.94. The first-order valence-electron chi connectivity index (χ1n) is 5.48. The number of nitrogens with zero attached hydrogens (tertiary/aromatic N) is 1. The first-order valence-corrected chi connectivity index (χ1v) is 5.48. The Morgan fingerprint density at radius 2 is 2.00 bits per heavy atom. The summed E-state index contributed by atoms with van der Waals surface area (Å²) in [7, 11) is 0. The largest absolute Gasteiger partial charge is 0.463 e. The van der Waals surface area contributed by atoms with Crippen molar-refractivity contribution in [2.24, 2.45) is 0 Å². The van der Waals surface area contributed by atoms with Crippen LogP contribution >= 0.6 is 0 Å². The quantitative estimate of drug-likeness (QED) is 0.480. The summed E-state index contributed by atoms with van der Waals surface area (Å²) >= 11 is 0. The van der Waals surface area contributed by atoms with Gasteiger partial charge in [0.1, 0.15) is 0 Å². The number of rotatable bonds is 5. The van der Waals surface area contributed by atoms with Crippen molar-refractivity contribution < 1.29 is 19.6 Å². The molecule has 0 radical (unpaired) electrons. The summed E-state index contributed by atoms with van der Waals surface area (Å²) in [5.41, 5.74) is -1.16. The van der Waals surface area contributed by atoms with Crippen molar-refractivity contribution in [1.82, 2.24) is 0 Å². The van der Waals surface area contributed by atoms with Crippen LogP contribution in [0.5, 0.6) is 0 Å². The van der Waals surface area contributed by atoms with Gasteiger partial charge in [0.15, 0.2) is 0 Å². The summed E-state index contributed by atoms with van der Waals surface area (Å²) in [6.45, 7) is 2.53. The molecule has 0 spiro atoms. The van der Waals surface area contributed by atoms with Crippen molar-refractivity contribution in [1.29, 1.82) is 0 Å². The molecule has 1 aromatic carbocycles. The predicted octanol–water partition coefficient (Wildman–Crippen LogP) is 1.02. The summed E-state index contributed by atoms with van der Waals surface area (Å²) < 4.78 is 4.70. The third-order valence-electron chi connectivity index (χ3n) is 2.50. The maximum Gasteiger partial charge on any atom is 0.349 e. The molecule has 0 amide bonds. The number of esters is 1. The van der Waals surface area contributed by atoms with Gasteiger partial charge in [-0.1, -0.05) is 29.8 Å². The summed E-state index contributed by atoms with van der Waals surface area (Å²) in [6.07, 6.45) is 0. The van der Waals surface area contributed by atoms with E-state index in [1.807, 2.05) is 6.92 Å². The number of hydrogen-bond acceptors (Lipinski definition) is 5. The SMILES string of the molecule is CCOC(=O)[C@@](O)(C[N+](=O)[O-])c1ccc(C)cc1. The molecular formula is C12H15NO5. The van der Waals surface area contributed by atoms with E-state index >= 15 is 0 Å². The molecule has 0 saturated carbocycles. The first kappa shape index (κ1) is 14.1. The molecule has 0 aliphatic carbocycles. The molecule has 0 aliphatic rings. The van der Waals surface area contributed by atoms with Gasteiger partial charge in [-0.2, -0.15) is 0 Å². The highest BCUT2D eigenvalue weighted by Gasteiger charge is 2.45. The molecular weight excluding hydrogens is 238 g/mol. The highest BCUT2D eigenvalue weighted by molar-refractivity contribution is 5.81. The van der Waals surface area contributed by atoms with Crippen molar-refractivity contribution >= 4 is 5.97 Å². The fourth-order valence-corrected chi connectivity index (χ4v) is 1.54. The normalized spacial score (nSPS) is 13.7. The smallest absolute Gasteiger partial charge is 0.349 e. The van der Waals surface area contributed by atoms with Crippen molar-refractivity contribution in [3.05, 3.63) is 45.5 Å². The molecule has 1 aromatic rings. The summed E-state index contributed by atoms with van der Waals surface area (Å²) in [4.78, 5) is 21.6. The summed E-state index contributed by atoms with van der Waals surface area (Å²) in [5.74, 6) is -1.01. The third-order valence-corrected chi connectivity index (χ3v) is 2.50. The Labute approximate surface area is 104 Å². The van der Waals surface area contributed by atoms with E-state index in [4.69, 9.17) is 4.74 Å². The average Bonchev–Trinajstić information content (AvgIpc) is 2.29. The zero-order valence-electron chi connectivity index (χ0n) is 10.3. The number of ether oxygens (including phenoxy) is 1. The van der Waals surface area contributed by atoms with Crippen molar-refractivity contribution in [3.8, 4) is 0 Å². The molecule has 1 atom stereocenters. The first-order chi connectivity index (χ1) is 8.40. The van der Waals surface area contributed by atoms with E-state index in [0.29, 0.717) is 0 Å². The van der Waals surface area contributed by atoms with E-state index in [2.05, 4.69) is 0 Å². The Hall–Kier alpha value is -1.95. The molecule has 0 fully saturated rings. The van der Waals surface area contributed by atoms with E-state index < -0.39 is 23.0 Å². The molecule has 0 bridgehead atoms. The van der Waals surface area contributed by atoms with E-state index in [9.17, 15) is 20.0 Å². The lowest BCUT2D eigenvalue weighted by Gasteiger charge is -2.22. The van der Waals surface area contributed by atoms with Gasteiger partial charge in [-0.05, 0) is 13.8 Å². The Morgan fingerprint density at radius 1 is 1.44 bits per heavy atom. The molecule has 98 valence electrons. The maximum atomic E-state index is 11.7. The van der Waals surface area contributed by atoms with Gasteiger partial charge in [0, 0.05) is 10.5 Å². The minimum Gasteiger partial charge on any atom is -0.463 e. The van der Waals surface area contributed by atoms with Gasteiger partial charge in [-0.25, -0.2) is 4.79 Å². The van der Waals surface area contributed by atoms with Gasteiger partial charge in [0.2, 0.25) is 6.54 Å². The van der Waals surface area contributed by atoms with Crippen LogP contribution in [0, 0.1) is 17.0 Å². The van der Waals surface area contributed by atoms with E-state index in [0.717, 1.165) is 5.56 Å². The lowest BCUT2D eigenvalue weighted by atomic mass is 9.93. The van der Waals surface area contributed by atoms with Crippen LogP contribution in [0.1, 0.15) is 18.1 Å². The Bertz CT molecular complexity index is 442. The summed E-state index contributed by atoms with van der Waals surface area (Å²) in [5, 5.41) is 20.8. The highest BCUT2D eigenvalue weighted by Crippen LogP contribution is 2.23. The lowest BCUT2D eigenvalue weighted by molar-refractivity contribution is -0.499. The maximum absolute atomic E-state index is 11.7. The minimum atomic E-state index is -2.24. The van der Waals surface area contributed by atoms with Gasteiger partial charge in [-0.15, -0.1) is 0 Å². The Morgan fingerprint density at radius 3 is 2.44 bits per heavy atom. The van der Waals surface area contributed by atoms with Crippen LogP contribution in [0.2, 0.25) is 0 Å². The standard InChI is InChI=1S/C12H15NO5/c1-3-18-11(14)12(15,8-13(16)17)10-6-4-9(2)5-7-10/h4-7,15H,3,8H2,1-2H3/t12-/m1/s1. The van der Waals surface area contributed by atoms with Crippen molar-refractivity contribution in [2.45, 2.75) is 19.4 Å². The second-order valence-electron chi connectivity index (χ2n) is 3.94. The van der Waals surface area contributed by atoms with Gasteiger partial charge >= 0.3 is 5.97 Å². The number of nitro groups is 1. The molecule has 0 saturated heterocycles. The number of hydrogen-bond donors (Lipinski definition) is 1. The van der Waals surface area contributed by atoms with Crippen LogP contribution < -0.4 is 0 Å². The fourth-order valence-electron chi connectivity index (χ4n) is 1.54. The number of benzene rings is 1. The van der Waals surface area contributed by atoms with Gasteiger partial charge in [0.05, 0.1) is 6.61 Å². The Kier molecular flexibility index (Phi) is 4.38. The number of carbonyl (C=O) groups excluding carboxylic acids is 1. The number of aryl methyl sites for hydroxylation is 1. The average molecular weight is 253 g/mol. The number of aliphatic hydroxyl groups is 1. The number of carbonyl (C=O) groups is 1. The molecule has 0 heterocycles. The lowest BCUT2D eigenvalue weighted by Crippen LogP contribution is -2.43. The zero-order chi connectivity index (χ0) is 13.8. The molecule has 6 heteroatoms. The molecule has 0 aliphatic heterocycles. The third kappa shape index (κ3) is 3.04. The minimum absolute atomic E-state index is 0.0463. The van der Waals surface area contributed by atoms with Crippen LogP contribution in [0.15, 0.2) is 24.3 Å². The van der Waals surface area contributed by atoms with E-state index in [1.165, 1.54) is 12.1 Å². The van der Waals surface area contributed by atoms with Gasteiger partial charge in [-0.3, -0.25) is 10.1 Å². The van der Waals surface area contributed by atoms with Crippen molar-refractivity contribution in [2.75, 3.05) is 13.2 Å². The highest BCUT2D eigenvalue weighted by atomic mass is 16.6. The molecule has 0 aromatic heterocycles. The summed E-state index contributed by atoms with van der Waals surface area (Å²) in [6, 6.07) is 6.30. The molecule has 18 heavy (non-hydrogen) atoms. The topological polar surface area (TPSA) is 89.7 Å². The molecule has 6 nitrogen and oxygen atoms in total.